The van der Waals surface area contributed by atoms with Gasteiger partial charge in [0.1, 0.15) is 0 Å². The number of H-pyrrole nitrogens is 1. The van der Waals surface area contributed by atoms with Crippen molar-refractivity contribution >= 4 is 22.7 Å². The average molecular weight is 318 g/mol. The minimum absolute atomic E-state index is 0.0320. The molecule has 5 nitrogen and oxygen atoms in total. The first-order valence-electron chi connectivity index (χ1n) is 7.93. The van der Waals surface area contributed by atoms with E-state index in [-0.39, 0.29) is 12.3 Å². The van der Waals surface area contributed by atoms with Crippen LogP contribution in [-0.4, -0.2) is 27.3 Å². The summed E-state index contributed by atoms with van der Waals surface area (Å²) in [6.07, 6.45) is 0.280. The van der Waals surface area contributed by atoms with E-state index in [1.54, 1.807) is 7.05 Å². The van der Waals surface area contributed by atoms with E-state index in [0.717, 1.165) is 33.8 Å². The average Bonchev–Trinajstić information content (AvgIpc) is 3.12. The number of hydrogen-bond donors (Lipinski definition) is 2. The lowest BCUT2D eigenvalue weighted by atomic mass is 10.1. The number of benzene rings is 2. The molecule has 4 aromatic rings. The third kappa shape index (κ3) is 2.25. The molecular weight excluding hydrogens is 300 g/mol. The van der Waals surface area contributed by atoms with Crippen LogP contribution in [0.2, 0.25) is 0 Å². The largest absolute Gasteiger partial charge is 0.359 e. The molecule has 24 heavy (non-hydrogen) atoms. The number of nitrogens with zero attached hydrogens (tertiary/aromatic N) is 2. The van der Waals surface area contributed by atoms with Gasteiger partial charge in [0.2, 0.25) is 11.7 Å². The minimum Gasteiger partial charge on any atom is -0.359 e. The van der Waals surface area contributed by atoms with Gasteiger partial charge in [-0.2, -0.15) is 0 Å². The molecule has 0 unspecified atom stereocenters. The first-order chi connectivity index (χ1) is 11.7. The topological polar surface area (TPSA) is 62.2 Å². The standard InChI is InChI=1S/C19H18N4O/c1-12-7-9-13(10-8-12)18-16(11-17(24)20-2)23-15-6-4-3-5-14(15)21-19(23)22-18/h3-10H,11H2,1-2H3,(H,20,24)(H,21,22). The summed E-state index contributed by atoms with van der Waals surface area (Å²) < 4.78 is 2.04. The number of aromatic amines is 1. The van der Waals surface area contributed by atoms with E-state index in [0.29, 0.717) is 0 Å². The third-order valence-electron chi connectivity index (χ3n) is 4.30. The van der Waals surface area contributed by atoms with Crippen molar-refractivity contribution in [1.29, 1.82) is 0 Å². The Hall–Kier alpha value is -3.08. The molecule has 0 saturated carbocycles. The lowest BCUT2D eigenvalue weighted by Crippen LogP contribution is -2.21. The van der Waals surface area contributed by atoms with Gasteiger partial charge in [-0.15, -0.1) is 0 Å². The zero-order valence-corrected chi connectivity index (χ0v) is 13.6. The Morgan fingerprint density at radius 1 is 1.17 bits per heavy atom. The highest BCUT2D eigenvalue weighted by atomic mass is 16.1. The van der Waals surface area contributed by atoms with Crippen LogP contribution in [-0.2, 0) is 11.2 Å². The lowest BCUT2D eigenvalue weighted by Gasteiger charge is -2.05. The minimum atomic E-state index is -0.0320. The number of rotatable bonds is 3. The number of nitrogens with one attached hydrogen (secondary N) is 2. The molecule has 2 heterocycles. The second kappa shape index (κ2) is 5.53. The fraction of sp³-hybridized carbons (Fsp3) is 0.158. The second-order valence-corrected chi connectivity index (χ2v) is 5.92. The maximum atomic E-state index is 12.1. The molecule has 120 valence electrons. The van der Waals surface area contributed by atoms with Gasteiger partial charge in [-0.3, -0.25) is 9.20 Å². The van der Waals surface area contributed by atoms with Gasteiger partial charge in [0.15, 0.2) is 0 Å². The molecular formula is C19H18N4O. The summed E-state index contributed by atoms with van der Waals surface area (Å²) in [4.78, 5) is 20.2. The summed E-state index contributed by atoms with van der Waals surface area (Å²) in [6.45, 7) is 2.06. The number of carbonyl (C=O) groups excluding carboxylic acids is 1. The predicted octanol–water partition coefficient (Wildman–Crippen LogP) is 3.08. The van der Waals surface area contributed by atoms with Crippen molar-refractivity contribution in [2.45, 2.75) is 13.3 Å². The molecule has 5 heteroatoms. The van der Waals surface area contributed by atoms with Crippen molar-refractivity contribution in [1.82, 2.24) is 19.7 Å². The van der Waals surface area contributed by atoms with Crippen molar-refractivity contribution in [3.05, 3.63) is 59.8 Å². The number of likely N-dealkylation sites (N-methyl/N-ethyl adjacent to an activating group) is 1. The van der Waals surface area contributed by atoms with Crippen LogP contribution in [0.3, 0.4) is 0 Å². The van der Waals surface area contributed by atoms with E-state index < -0.39 is 0 Å². The number of para-hydroxylation sites is 2. The van der Waals surface area contributed by atoms with Crippen LogP contribution >= 0.6 is 0 Å². The fourth-order valence-electron chi connectivity index (χ4n) is 3.04. The Balaban J connectivity index is 2.00. The van der Waals surface area contributed by atoms with E-state index >= 15 is 0 Å². The molecule has 0 radical (unpaired) electrons. The highest BCUT2D eigenvalue weighted by Crippen LogP contribution is 2.28. The smallest absolute Gasteiger partial charge is 0.225 e. The predicted molar refractivity (Wildman–Crippen MR) is 95.0 cm³/mol. The van der Waals surface area contributed by atoms with Crippen LogP contribution in [0.5, 0.6) is 0 Å². The quantitative estimate of drug-likeness (QED) is 0.610. The van der Waals surface area contributed by atoms with Crippen LogP contribution in [0.4, 0.5) is 0 Å². The van der Waals surface area contributed by atoms with Crippen LogP contribution in [0.25, 0.3) is 28.1 Å². The first-order valence-corrected chi connectivity index (χ1v) is 7.93. The monoisotopic (exact) mass is 318 g/mol. The molecule has 0 aliphatic rings. The number of aryl methyl sites for hydroxylation is 1. The van der Waals surface area contributed by atoms with Gasteiger partial charge in [-0.05, 0) is 19.1 Å². The number of carbonyl (C=O) groups is 1. The maximum absolute atomic E-state index is 12.1. The molecule has 4 rings (SSSR count). The Morgan fingerprint density at radius 3 is 2.67 bits per heavy atom. The van der Waals surface area contributed by atoms with E-state index in [9.17, 15) is 4.79 Å². The number of hydrogen-bond acceptors (Lipinski definition) is 2. The molecule has 0 atom stereocenters. The van der Waals surface area contributed by atoms with E-state index in [1.165, 1.54) is 5.56 Å². The first kappa shape index (κ1) is 14.5. The second-order valence-electron chi connectivity index (χ2n) is 5.92. The van der Waals surface area contributed by atoms with Gasteiger partial charge in [-0.25, -0.2) is 4.98 Å². The summed E-state index contributed by atoms with van der Waals surface area (Å²) in [5.74, 6) is 0.723. The maximum Gasteiger partial charge on any atom is 0.225 e. The van der Waals surface area contributed by atoms with E-state index in [4.69, 9.17) is 4.98 Å². The SMILES string of the molecule is CNC(=O)Cc1c(-c2ccc(C)cc2)nc2[nH]c3ccccc3n12. The summed E-state index contributed by atoms with van der Waals surface area (Å²) in [5.41, 5.74) is 5.98. The van der Waals surface area contributed by atoms with Crippen LogP contribution in [0.1, 0.15) is 11.3 Å². The number of aromatic nitrogens is 3. The summed E-state index contributed by atoms with van der Waals surface area (Å²) >= 11 is 0. The van der Waals surface area contributed by atoms with E-state index in [1.807, 2.05) is 40.8 Å². The Labute approximate surface area is 139 Å². The third-order valence-corrected chi connectivity index (χ3v) is 4.30. The summed E-state index contributed by atoms with van der Waals surface area (Å²) in [7, 11) is 1.65. The van der Waals surface area contributed by atoms with Gasteiger partial charge in [0, 0.05) is 12.6 Å². The fourth-order valence-corrected chi connectivity index (χ4v) is 3.04. The zero-order valence-electron chi connectivity index (χ0n) is 13.6. The van der Waals surface area contributed by atoms with Crippen molar-refractivity contribution in [2.24, 2.45) is 0 Å². The molecule has 0 saturated heterocycles. The number of imidazole rings is 2. The molecule has 0 aliphatic heterocycles. The highest BCUT2D eigenvalue weighted by molar-refractivity contribution is 5.86. The summed E-state index contributed by atoms with van der Waals surface area (Å²) in [5, 5.41) is 2.71. The summed E-state index contributed by atoms with van der Waals surface area (Å²) in [6, 6.07) is 16.2. The molecule has 0 fully saturated rings. The number of fused-ring (bicyclic) bond motifs is 3. The molecule has 2 aromatic heterocycles. The molecule has 1 amide bonds. The Morgan fingerprint density at radius 2 is 1.92 bits per heavy atom. The zero-order chi connectivity index (χ0) is 16.7. The van der Waals surface area contributed by atoms with Gasteiger partial charge >= 0.3 is 0 Å². The molecule has 0 bridgehead atoms. The number of amides is 1. The van der Waals surface area contributed by atoms with Crippen LogP contribution < -0.4 is 5.32 Å². The van der Waals surface area contributed by atoms with E-state index in [2.05, 4.69) is 29.4 Å². The molecule has 2 aromatic carbocycles. The highest BCUT2D eigenvalue weighted by Gasteiger charge is 2.19. The van der Waals surface area contributed by atoms with Crippen molar-refractivity contribution < 1.29 is 4.79 Å². The molecule has 2 N–H and O–H groups in total. The van der Waals surface area contributed by atoms with Gasteiger partial charge in [0.05, 0.1) is 28.8 Å². The van der Waals surface area contributed by atoms with Crippen molar-refractivity contribution in [2.75, 3.05) is 7.05 Å². The lowest BCUT2D eigenvalue weighted by molar-refractivity contribution is -0.120. The van der Waals surface area contributed by atoms with Gasteiger partial charge < -0.3 is 10.3 Å². The van der Waals surface area contributed by atoms with Crippen LogP contribution in [0, 0.1) is 6.92 Å². The molecule has 0 aliphatic carbocycles. The Kier molecular flexibility index (Phi) is 3.34. The molecule has 0 spiro atoms. The van der Waals surface area contributed by atoms with Crippen molar-refractivity contribution in [3.63, 3.8) is 0 Å². The van der Waals surface area contributed by atoms with Crippen LogP contribution in [0.15, 0.2) is 48.5 Å². The van der Waals surface area contributed by atoms with Crippen molar-refractivity contribution in [3.8, 4) is 11.3 Å². The van der Waals surface area contributed by atoms with Gasteiger partial charge in [0.25, 0.3) is 0 Å². The normalized spacial score (nSPS) is 11.2. The van der Waals surface area contributed by atoms with Gasteiger partial charge in [-0.1, -0.05) is 42.0 Å². The Bertz CT molecular complexity index is 1040.